The fourth-order valence-electron chi connectivity index (χ4n) is 5.41. The van der Waals surface area contributed by atoms with Gasteiger partial charge in [-0.15, -0.1) is 0 Å². The molecule has 0 aliphatic carbocycles. The van der Waals surface area contributed by atoms with Crippen LogP contribution in [0, 0.1) is 5.92 Å². The average molecular weight is 950 g/mol. The van der Waals surface area contributed by atoms with Crippen molar-refractivity contribution in [3.63, 3.8) is 0 Å². The van der Waals surface area contributed by atoms with Gasteiger partial charge in [0.15, 0.2) is 0 Å². The number of amides is 10. The van der Waals surface area contributed by atoms with Gasteiger partial charge >= 0.3 is 11.9 Å². The predicted octanol–water partition coefficient (Wildman–Crippen LogP) is -6.90. The highest BCUT2D eigenvalue weighted by Gasteiger charge is 2.36. The molecule has 10 atom stereocenters. The number of nitrogens with one attached hydrogen (secondary N) is 8. The lowest BCUT2D eigenvalue weighted by Gasteiger charge is -2.29. The number of hydrogen-bond acceptors (Lipinski definition) is 16. The molecule has 0 rings (SSSR count). The van der Waals surface area contributed by atoms with Gasteiger partial charge in [-0.3, -0.25) is 52.7 Å². The van der Waals surface area contributed by atoms with Gasteiger partial charge in [0.1, 0.15) is 48.3 Å². The van der Waals surface area contributed by atoms with Crippen LogP contribution in [0.5, 0.6) is 0 Å². The monoisotopic (exact) mass is 949 g/mol. The highest BCUT2D eigenvalue weighted by atomic mass is 32.2. The molecule has 0 saturated heterocycles. The SMILES string of the molecule is CSCC[C@H](NC(=O)[C@H](C)NC(=O)[C@H](CCC(=O)O)NC(=O)[C@H](C)N)C(=O)N[C@@H](CO)C(=O)N[C@@H](CCC(N)=O)C(=O)N[C@H](C(=O)N[C@H](C(=O)N[C@@H](CC(N)=O)C(=O)O)[C@@H](C)O)C(C)C. The maximum atomic E-state index is 13.6. The van der Waals surface area contributed by atoms with Crippen molar-refractivity contribution >= 4 is 82.8 Å². The molecule has 18 N–H and O–H groups in total. The first-order valence-electron chi connectivity index (χ1n) is 20.1. The van der Waals surface area contributed by atoms with Crippen LogP contribution in [0.25, 0.3) is 0 Å². The van der Waals surface area contributed by atoms with Crippen LogP contribution in [0.1, 0.15) is 73.1 Å². The summed E-state index contributed by atoms with van der Waals surface area (Å²) in [6.45, 7) is 5.52. The van der Waals surface area contributed by atoms with Crippen LogP contribution in [0.4, 0.5) is 0 Å². The van der Waals surface area contributed by atoms with Crippen molar-refractivity contribution in [3.8, 4) is 0 Å². The van der Waals surface area contributed by atoms with Crippen LogP contribution >= 0.6 is 11.8 Å². The summed E-state index contributed by atoms with van der Waals surface area (Å²) in [4.78, 5) is 151. The number of aliphatic hydroxyl groups is 2. The Morgan fingerprint density at radius 1 is 0.523 bits per heavy atom. The van der Waals surface area contributed by atoms with E-state index in [-0.39, 0.29) is 18.6 Å². The highest BCUT2D eigenvalue weighted by Crippen LogP contribution is 2.09. The Morgan fingerprint density at radius 3 is 1.42 bits per heavy atom. The lowest BCUT2D eigenvalue weighted by Crippen LogP contribution is -2.62. The van der Waals surface area contributed by atoms with Crippen molar-refractivity contribution in [2.24, 2.45) is 23.1 Å². The standard InChI is InChI=1S/C37H63N11O16S/c1-15(2)27(35(61)48-28(18(5)50)36(62)45-22(37(63)64)13-25(40)52)47-33(59)19(7-9-24(39)51)44-34(60)23(14-49)46-32(58)21(11-12-65-6)43-30(56)17(4)41-31(57)20(8-10-26(53)54)42-29(55)16(3)38/h15-23,27-28,49-50H,7-14,38H2,1-6H3,(H2,39,51)(H2,40,52)(H,41,57)(H,42,55)(H,43,56)(H,44,60)(H,45,62)(H,46,58)(H,47,59)(H,48,61)(H,53,54)(H,63,64)/t16-,17-,18+,19-,20-,21-,22-,23-,27-,28-/m0/s1. The molecule has 27 nitrogen and oxygen atoms in total. The summed E-state index contributed by atoms with van der Waals surface area (Å²) in [7, 11) is 0. The third kappa shape index (κ3) is 22.4. The Bertz CT molecular complexity index is 1730. The maximum absolute atomic E-state index is 13.6. The molecule has 368 valence electrons. The smallest absolute Gasteiger partial charge is 0.326 e. The molecule has 0 fully saturated rings. The van der Waals surface area contributed by atoms with Crippen LogP contribution < -0.4 is 59.7 Å². The molecule has 10 amide bonds. The zero-order chi connectivity index (χ0) is 50.3. The number of carboxylic acids is 2. The van der Waals surface area contributed by atoms with Crippen molar-refractivity contribution in [2.75, 3.05) is 18.6 Å². The zero-order valence-corrected chi connectivity index (χ0v) is 37.7. The van der Waals surface area contributed by atoms with Gasteiger partial charge in [-0.2, -0.15) is 11.8 Å². The minimum Gasteiger partial charge on any atom is -0.481 e. The minimum atomic E-state index is -1.82. The largest absolute Gasteiger partial charge is 0.481 e. The third-order valence-corrected chi connectivity index (χ3v) is 9.79. The fourth-order valence-corrected chi connectivity index (χ4v) is 5.89. The Labute approximate surface area is 378 Å². The summed E-state index contributed by atoms with van der Waals surface area (Å²) in [6, 6.07) is -13.8. The molecule has 0 aromatic heterocycles. The first kappa shape index (κ1) is 58.9. The van der Waals surface area contributed by atoms with Crippen LogP contribution in [0.15, 0.2) is 0 Å². The van der Waals surface area contributed by atoms with Crippen molar-refractivity contribution < 1.29 is 78.0 Å². The van der Waals surface area contributed by atoms with E-state index in [2.05, 4.69) is 37.2 Å². The highest BCUT2D eigenvalue weighted by molar-refractivity contribution is 7.98. The number of aliphatic hydroxyl groups excluding tert-OH is 2. The van der Waals surface area contributed by atoms with E-state index < -0.39 is 170 Å². The van der Waals surface area contributed by atoms with Crippen molar-refractivity contribution in [2.45, 2.75) is 134 Å². The molecule has 0 saturated carbocycles. The van der Waals surface area contributed by atoms with E-state index in [1.807, 2.05) is 5.32 Å². The molecule has 0 aliphatic heterocycles. The Kier molecular flexibility index (Phi) is 26.6. The van der Waals surface area contributed by atoms with Gasteiger partial charge in [0.05, 0.1) is 25.2 Å². The zero-order valence-electron chi connectivity index (χ0n) is 36.8. The number of thioether (sulfide) groups is 1. The number of carboxylic acid groups (broad SMARTS) is 2. The summed E-state index contributed by atoms with van der Waals surface area (Å²) >= 11 is 1.28. The Balaban J connectivity index is 6.19. The van der Waals surface area contributed by atoms with E-state index in [0.717, 1.165) is 6.92 Å². The molecular weight excluding hydrogens is 887 g/mol. The van der Waals surface area contributed by atoms with E-state index in [9.17, 15) is 72.9 Å². The number of primary amides is 2. The number of carbonyl (C=O) groups excluding carboxylic acids is 10. The van der Waals surface area contributed by atoms with Crippen LogP contribution in [0.3, 0.4) is 0 Å². The quantitative estimate of drug-likeness (QED) is 0.0307. The van der Waals surface area contributed by atoms with Gasteiger partial charge in [0, 0.05) is 12.8 Å². The number of rotatable bonds is 31. The lowest BCUT2D eigenvalue weighted by atomic mass is 10.0. The van der Waals surface area contributed by atoms with E-state index in [0.29, 0.717) is 0 Å². The van der Waals surface area contributed by atoms with Gasteiger partial charge < -0.3 is 80.2 Å². The molecule has 0 unspecified atom stereocenters. The predicted molar refractivity (Wildman–Crippen MR) is 228 cm³/mol. The molecular formula is C37H63N11O16S. The fraction of sp³-hybridized carbons (Fsp3) is 0.676. The Morgan fingerprint density at radius 2 is 0.954 bits per heavy atom. The molecule has 65 heavy (non-hydrogen) atoms. The molecule has 28 heteroatoms. The number of aliphatic carboxylic acids is 2. The minimum absolute atomic E-state index is 0.0434. The first-order chi connectivity index (χ1) is 30.2. The second-order valence-electron chi connectivity index (χ2n) is 15.2. The van der Waals surface area contributed by atoms with E-state index in [1.54, 1.807) is 6.26 Å². The van der Waals surface area contributed by atoms with Gasteiger partial charge in [0.2, 0.25) is 59.1 Å². The molecule has 0 bridgehead atoms. The van der Waals surface area contributed by atoms with E-state index in [4.69, 9.17) is 22.3 Å². The van der Waals surface area contributed by atoms with Gasteiger partial charge in [-0.1, -0.05) is 13.8 Å². The number of hydrogen-bond donors (Lipinski definition) is 15. The topological polar surface area (TPSA) is 460 Å². The van der Waals surface area contributed by atoms with Crippen LogP contribution in [-0.2, 0) is 57.5 Å². The number of nitrogens with two attached hydrogens (primary N) is 3. The maximum Gasteiger partial charge on any atom is 0.326 e. The molecule has 0 radical (unpaired) electrons. The summed E-state index contributed by atoms with van der Waals surface area (Å²) in [5.74, 6) is -13.6. The summed E-state index contributed by atoms with van der Waals surface area (Å²) in [5, 5.41) is 57.0. The van der Waals surface area contributed by atoms with Crippen LogP contribution in [-0.4, -0.2) is 171 Å². The van der Waals surface area contributed by atoms with Gasteiger partial charge in [-0.25, -0.2) is 4.79 Å². The average Bonchev–Trinajstić information content (AvgIpc) is 3.20. The van der Waals surface area contributed by atoms with Crippen molar-refractivity contribution in [1.29, 1.82) is 0 Å². The second kappa shape index (κ2) is 29.3. The molecule has 0 aliphatic rings. The van der Waals surface area contributed by atoms with Crippen molar-refractivity contribution in [1.82, 2.24) is 42.5 Å². The molecule has 0 heterocycles. The van der Waals surface area contributed by atoms with Gasteiger partial charge in [0.25, 0.3) is 0 Å². The normalized spacial score (nSPS) is 15.6. The molecule has 0 spiro atoms. The molecule has 0 aromatic carbocycles. The van der Waals surface area contributed by atoms with E-state index >= 15 is 0 Å². The van der Waals surface area contributed by atoms with E-state index in [1.165, 1.54) is 39.5 Å². The summed E-state index contributed by atoms with van der Waals surface area (Å²) < 4.78 is 0. The summed E-state index contributed by atoms with van der Waals surface area (Å²) in [5.41, 5.74) is 15.8. The van der Waals surface area contributed by atoms with Crippen molar-refractivity contribution in [3.05, 3.63) is 0 Å². The second-order valence-corrected chi connectivity index (χ2v) is 16.2. The van der Waals surface area contributed by atoms with Crippen LogP contribution in [0.2, 0.25) is 0 Å². The third-order valence-electron chi connectivity index (χ3n) is 9.15. The van der Waals surface area contributed by atoms with Gasteiger partial charge in [-0.05, 0) is 58.0 Å². The lowest BCUT2D eigenvalue weighted by molar-refractivity contribution is -0.144. The Hall–Kier alpha value is -6.13. The first-order valence-corrected chi connectivity index (χ1v) is 21.5. The molecule has 0 aromatic rings. The summed E-state index contributed by atoms with van der Waals surface area (Å²) in [6.07, 6.45) is -2.65. The number of carbonyl (C=O) groups is 12.